The van der Waals surface area contributed by atoms with Crippen LogP contribution in [0.15, 0.2) is 28.4 Å². The molecule has 9 heteroatoms. The van der Waals surface area contributed by atoms with Crippen LogP contribution in [-0.2, 0) is 11.0 Å². The molecule has 19 heavy (non-hydrogen) atoms. The van der Waals surface area contributed by atoms with Crippen LogP contribution in [0.1, 0.15) is 12.5 Å². The van der Waals surface area contributed by atoms with E-state index < -0.39 is 27.7 Å². The summed E-state index contributed by atoms with van der Waals surface area (Å²) in [5, 5.41) is 6.35. The quantitative estimate of drug-likeness (QED) is 0.428. The Balaban J connectivity index is 3.23. The van der Waals surface area contributed by atoms with Crippen molar-refractivity contribution in [2.75, 3.05) is 0 Å². The number of carbonyl (C=O) groups is 1. The summed E-state index contributed by atoms with van der Waals surface area (Å²) >= 11 is 16.4. The Kier molecular flexibility index (Phi) is 4.81. The summed E-state index contributed by atoms with van der Waals surface area (Å²) < 4.78 is 35.9. The van der Waals surface area contributed by atoms with Crippen LogP contribution >= 0.6 is 34.8 Å². The summed E-state index contributed by atoms with van der Waals surface area (Å²) in [6, 6.07) is 2.88. The fourth-order valence-electron chi connectivity index (χ4n) is 1.01. The molecule has 0 aliphatic carbocycles. The lowest BCUT2D eigenvalue weighted by molar-refractivity contribution is -0.137. The van der Waals surface area contributed by atoms with Crippen LogP contribution in [0.2, 0.25) is 5.02 Å². The molecule has 0 aliphatic rings. The Morgan fingerprint density at radius 1 is 1.26 bits per heavy atom. The van der Waals surface area contributed by atoms with Gasteiger partial charge in [0.2, 0.25) is 0 Å². The van der Waals surface area contributed by atoms with Crippen LogP contribution in [-0.4, -0.2) is 10.2 Å². The second-order valence-corrected chi connectivity index (χ2v) is 5.18. The van der Waals surface area contributed by atoms with E-state index in [1.807, 2.05) is 0 Å². The molecule has 1 aromatic rings. The van der Waals surface area contributed by atoms with Gasteiger partial charge in [-0.2, -0.15) is 18.3 Å². The normalized spacial score (nSPS) is 13.0. The number of hydrogen-bond acceptors (Lipinski definition) is 3. The number of halogens is 6. The highest BCUT2D eigenvalue weighted by Crippen LogP contribution is 2.38. The third-order valence-corrected chi connectivity index (χ3v) is 2.89. The smallest absolute Gasteiger partial charge is 0.294 e. The number of nitrogens with zero attached hydrogens (tertiary/aromatic N) is 2. The molecule has 104 valence electrons. The second-order valence-electron chi connectivity index (χ2n) is 3.46. The average Bonchev–Trinajstić information content (AvgIpc) is 2.26. The molecule has 0 N–H and O–H groups in total. The first-order valence-electron chi connectivity index (χ1n) is 4.72. The maximum atomic E-state index is 12.7. The molecule has 0 spiro atoms. The van der Waals surface area contributed by atoms with Gasteiger partial charge in [-0.3, -0.25) is 4.79 Å². The molecule has 0 unspecified atom stereocenters. The van der Waals surface area contributed by atoms with Crippen LogP contribution in [0.25, 0.3) is 0 Å². The van der Waals surface area contributed by atoms with Crippen molar-refractivity contribution in [3.8, 4) is 0 Å². The van der Waals surface area contributed by atoms with Crippen molar-refractivity contribution in [3.05, 3.63) is 28.8 Å². The van der Waals surface area contributed by atoms with Crippen molar-refractivity contribution < 1.29 is 18.0 Å². The van der Waals surface area contributed by atoms with Crippen molar-refractivity contribution in [3.63, 3.8) is 0 Å². The molecular weight excluding hydrogens is 327 g/mol. The first-order valence-corrected chi connectivity index (χ1v) is 5.86. The Morgan fingerprint density at radius 3 is 2.32 bits per heavy atom. The van der Waals surface area contributed by atoms with E-state index in [2.05, 4.69) is 10.2 Å². The van der Waals surface area contributed by atoms with Crippen molar-refractivity contribution in [1.29, 1.82) is 0 Å². The lowest BCUT2D eigenvalue weighted by atomic mass is 10.2. The van der Waals surface area contributed by atoms with Gasteiger partial charge in [0.25, 0.3) is 4.46 Å². The van der Waals surface area contributed by atoms with Crippen LogP contribution in [0.5, 0.6) is 0 Å². The minimum Gasteiger partial charge on any atom is -0.294 e. The highest BCUT2D eigenvalue weighted by molar-refractivity contribution is 6.57. The molecular formula is C10H6Cl3F3N2O. The number of carbonyl (C=O) groups excluding carboxylic acids is 1. The molecule has 0 radical (unpaired) electrons. The predicted molar refractivity (Wildman–Crippen MR) is 66.1 cm³/mol. The number of azo groups is 1. The number of rotatable bonds is 3. The van der Waals surface area contributed by atoms with Crippen LogP contribution in [0.3, 0.4) is 0 Å². The SMILES string of the molecule is CC(=O)C(Cl)(Cl)N=Nc1ccc(Cl)cc1C(F)(F)F. The number of alkyl halides is 5. The third-order valence-electron chi connectivity index (χ3n) is 1.97. The van der Waals surface area contributed by atoms with E-state index in [1.165, 1.54) is 6.07 Å². The fourth-order valence-corrected chi connectivity index (χ4v) is 1.26. The first kappa shape index (κ1) is 16.2. The second kappa shape index (κ2) is 5.64. The average molecular weight is 334 g/mol. The minimum absolute atomic E-state index is 0.110. The highest BCUT2D eigenvalue weighted by atomic mass is 35.5. The molecule has 0 fully saturated rings. The summed E-state index contributed by atoms with van der Waals surface area (Å²) in [6.45, 7) is 1.03. The topological polar surface area (TPSA) is 41.8 Å². The molecule has 0 saturated carbocycles. The molecule has 0 aromatic heterocycles. The van der Waals surface area contributed by atoms with Gasteiger partial charge in [0.15, 0.2) is 5.78 Å². The Labute approximate surface area is 121 Å². The van der Waals surface area contributed by atoms with Crippen molar-refractivity contribution in [2.45, 2.75) is 17.6 Å². The molecule has 0 saturated heterocycles. The summed E-state index contributed by atoms with van der Waals surface area (Å²) in [7, 11) is 0. The Bertz CT molecular complexity index is 529. The van der Waals surface area contributed by atoms with E-state index >= 15 is 0 Å². The van der Waals surface area contributed by atoms with Gasteiger partial charge in [-0.1, -0.05) is 34.8 Å². The lowest BCUT2D eigenvalue weighted by Crippen LogP contribution is -2.19. The Hall–Kier alpha value is -0.850. The van der Waals surface area contributed by atoms with E-state index in [-0.39, 0.29) is 5.02 Å². The van der Waals surface area contributed by atoms with E-state index in [4.69, 9.17) is 34.8 Å². The van der Waals surface area contributed by atoms with Gasteiger partial charge in [0.1, 0.15) is 0 Å². The first-order chi connectivity index (χ1) is 8.54. The molecule has 0 heterocycles. The van der Waals surface area contributed by atoms with Crippen molar-refractivity contribution in [2.24, 2.45) is 10.2 Å². The zero-order valence-corrected chi connectivity index (χ0v) is 11.6. The van der Waals surface area contributed by atoms with Crippen LogP contribution in [0.4, 0.5) is 18.9 Å². The fraction of sp³-hybridized carbons (Fsp3) is 0.300. The van der Waals surface area contributed by atoms with E-state index in [0.717, 1.165) is 13.0 Å². The molecule has 0 aliphatic heterocycles. The van der Waals surface area contributed by atoms with Gasteiger partial charge in [0.05, 0.1) is 11.3 Å². The maximum Gasteiger partial charge on any atom is 0.418 e. The lowest BCUT2D eigenvalue weighted by Gasteiger charge is -2.11. The molecule has 0 atom stereocenters. The van der Waals surface area contributed by atoms with Crippen molar-refractivity contribution in [1.82, 2.24) is 0 Å². The maximum absolute atomic E-state index is 12.7. The molecule has 1 aromatic carbocycles. The van der Waals surface area contributed by atoms with Crippen LogP contribution < -0.4 is 0 Å². The van der Waals surface area contributed by atoms with Gasteiger partial charge < -0.3 is 0 Å². The zero-order chi connectivity index (χ0) is 14.8. The minimum atomic E-state index is -4.67. The predicted octanol–water partition coefficient (Wildman–Crippen LogP) is 5.16. The van der Waals surface area contributed by atoms with Gasteiger partial charge in [-0.25, -0.2) is 0 Å². The van der Waals surface area contributed by atoms with Gasteiger partial charge >= 0.3 is 6.18 Å². The summed E-state index contributed by atoms with van der Waals surface area (Å²) in [6.07, 6.45) is -4.67. The van der Waals surface area contributed by atoms with Gasteiger partial charge in [0, 0.05) is 5.02 Å². The number of Topliss-reactive ketones (excluding diaryl/α,β-unsaturated/α-hetero) is 1. The van der Waals surface area contributed by atoms with E-state index in [9.17, 15) is 18.0 Å². The monoisotopic (exact) mass is 332 g/mol. The Morgan fingerprint density at radius 2 is 1.84 bits per heavy atom. The van der Waals surface area contributed by atoms with Crippen LogP contribution in [0, 0.1) is 0 Å². The third kappa shape index (κ3) is 4.33. The standard InChI is InChI=1S/C10H6Cl3F3N2O/c1-5(19)9(12,13)18-17-8-3-2-6(11)4-7(8)10(14,15)16/h2-4H,1H3. The molecule has 3 nitrogen and oxygen atoms in total. The molecule has 0 bridgehead atoms. The number of hydrogen-bond donors (Lipinski definition) is 0. The van der Waals surface area contributed by atoms with Crippen molar-refractivity contribution >= 4 is 46.3 Å². The van der Waals surface area contributed by atoms with E-state index in [0.29, 0.717) is 6.07 Å². The molecule has 0 amide bonds. The van der Waals surface area contributed by atoms with E-state index in [1.54, 1.807) is 0 Å². The number of benzene rings is 1. The molecule has 1 rings (SSSR count). The van der Waals surface area contributed by atoms with Gasteiger partial charge in [-0.05, 0) is 25.1 Å². The summed E-state index contributed by atoms with van der Waals surface area (Å²) in [5.74, 6) is -0.762. The summed E-state index contributed by atoms with van der Waals surface area (Å²) in [4.78, 5) is 11.0. The number of ketones is 1. The largest absolute Gasteiger partial charge is 0.418 e. The van der Waals surface area contributed by atoms with Gasteiger partial charge in [-0.15, -0.1) is 5.11 Å². The zero-order valence-electron chi connectivity index (χ0n) is 9.30. The summed E-state index contributed by atoms with van der Waals surface area (Å²) in [5.41, 5.74) is -1.64. The highest BCUT2D eigenvalue weighted by Gasteiger charge is 2.35.